The summed E-state index contributed by atoms with van der Waals surface area (Å²) in [6.07, 6.45) is 0.154. The molecule has 1 aromatic heterocycles. The Morgan fingerprint density at radius 3 is 2.68 bits per heavy atom. The van der Waals surface area contributed by atoms with E-state index in [1.165, 1.54) is 35.6 Å². The zero-order valence-electron chi connectivity index (χ0n) is 15.2. The van der Waals surface area contributed by atoms with Gasteiger partial charge in [0, 0.05) is 37.2 Å². The molecule has 1 aromatic carbocycles. The topological polar surface area (TPSA) is 95.6 Å². The Morgan fingerprint density at radius 1 is 1.18 bits per heavy atom. The molecule has 0 saturated carbocycles. The zero-order valence-corrected chi connectivity index (χ0v) is 16.1. The van der Waals surface area contributed by atoms with Gasteiger partial charge in [-0.15, -0.1) is 11.3 Å². The van der Waals surface area contributed by atoms with E-state index in [0.717, 1.165) is 32.8 Å². The molecule has 8 nitrogen and oxygen atoms in total. The molecular weight excluding hydrogens is 385 g/mol. The number of urea groups is 1. The molecule has 0 bridgehead atoms. The van der Waals surface area contributed by atoms with E-state index in [9.17, 15) is 14.0 Å². The Kier molecular flexibility index (Phi) is 7.29. The van der Waals surface area contributed by atoms with Crippen LogP contribution in [0.15, 0.2) is 29.6 Å². The molecule has 10 heteroatoms. The number of nitrogens with one attached hydrogen (secondary N) is 3. The molecule has 0 atom stereocenters. The second-order valence-electron chi connectivity index (χ2n) is 6.21. The van der Waals surface area contributed by atoms with Crippen LogP contribution in [0.4, 0.5) is 20.0 Å². The summed E-state index contributed by atoms with van der Waals surface area (Å²) in [7, 11) is 0. The molecule has 1 aliphatic rings. The predicted octanol–water partition coefficient (Wildman–Crippen LogP) is 1.92. The fourth-order valence-corrected chi connectivity index (χ4v) is 3.35. The number of benzene rings is 1. The second kappa shape index (κ2) is 10.1. The van der Waals surface area contributed by atoms with E-state index >= 15 is 0 Å². The standard InChI is InChI=1S/C18H22FN5O3S/c19-13-1-3-14(4-2-13)21-17(26)23-18-22-15(12-28-18)11-16(25)20-5-6-24-7-9-27-10-8-24/h1-4,12H,5-11H2,(H,20,25)(H2,21,22,23,26). The van der Waals surface area contributed by atoms with Crippen LogP contribution in [-0.2, 0) is 16.0 Å². The van der Waals surface area contributed by atoms with Crippen LogP contribution >= 0.6 is 11.3 Å². The third-order valence-corrected chi connectivity index (χ3v) is 4.88. The van der Waals surface area contributed by atoms with Crippen molar-refractivity contribution in [2.24, 2.45) is 0 Å². The maximum Gasteiger partial charge on any atom is 0.325 e. The third-order valence-electron chi connectivity index (χ3n) is 4.07. The normalized spacial score (nSPS) is 14.5. The summed E-state index contributed by atoms with van der Waals surface area (Å²) in [5.41, 5.74) is 1.06. The molecule has 1 saturated heterocycles. The number of halogens is 1. The van der Waals surface area contributed by atoms with Crippen molar-refractivity contribution < 1.29 is 18.7 Å². The molecule has 3 rings (SSSR count). The first-order valence-corrected chi connectivity index (χ1v) is 9.81. The van der Waals surface area contributed by atoms with Crippen molar-refractivity contribution in [2.45, 2.75) is 6.42 Å². The summed E-state index contributed by atoms with van der Waals surface area (Å²) in [5, 5.41) is 10.2. The molecule has 1 fully saturated rings. The van der Waals surface area contributed by atoms with E-state index in [1.807, 2.05) is 0 Å². The van der Waals surface area contributed by atoms with E-state index in [1.54, 1.807) is 5.38 Å². The predicted molar refractivity (Wildman–Crippen MR) is 105 cm³/mol. The Morgan fingerprint density at radius 2 is 1.93 bits per heavy atom. The van der Waals surface area contributed by atoms with Gasteiger partial charge in [-0.05, 0) is 24.3 Å². The second-order valence-corrected chi connectivity index (χ2v) is 7.07. The number of anilines is 2. The molecule has 0 aliphatic carbocycles. The lowest BCUT2D eigenvalue weighted by Gasteiger charge is -2.26. The van der Waals surface area contributed by atoms with Crippen LogP contribution < -0.4 is 16.0 Å². The highest BCUT2D eigenvalue weighted by molar-refractivity contribution is 7.14. The molecule has 0 spiro atoms. The van der Waals surface area contributed by atoms with Crippen LogP contribution in [0.3, 0.4) is 0 Å². The minimum absolute atomic E-state index is 0.110. The Labute approximate surface area is 166 Å². The number of rotatable bonds is 7. The number of carbonyl (C=O) groups is 2. The molecular formula is C18H22FN5O3S. The van der Waals surface area contributed by atoms with Gasteiger partial charge in [-0.3, -0.25) is 15.0 Å². The van der Waals surface area contributed by atoms with E-state index < -0.39 is 6.03 Å². The first kappa shape index (κ1) is 20.2. The van der Waals surface area contributed by atoms with Crippen LogP contribution in [0.25, 0.3) is 0 Å². The molecule has 2 heterocycles. The third kappa shape index (κ3) is 6.55. The molecule has 3 N–H and O–H groups in total. The van der Waals surface area contributed by atoms with Crippen LogP contribution in [0.5, 0.6) is 0 Å². The summed E-state index contributed by atoms with van der Waals surface area (Å²) in [6, 6.07) is 4.96. The first-order valence-electron chi connectivity index (χ1n) is 8.93. The lowest BCUT2D eigenvalue weighted by Crippen LogP contribution is -2.41. The Hall–Kier alpha value is -2.56. The van der Waals surface area contributed by atoms with Crippen LogP contribution in [0.1, 0.15) is 5.69 Å². The lowest BCUT2D eigenvalue weighted by molar-refractivity contribution is -0.120. The highest BCUT2D eigenvalue weighted by Crippen LogP contribution is 2.16. The average molecular weight is 407 g/mol. The number of amides is 3. The molecule has 0 unspecified atom stereocenters. The van der Waals surface area contributed by atoms with Gasteiger partial charge in [0.15, 0.2) is 5.13 Å². The highest BCUT2D eigenvalue weighted by atomic mass is 32.1. The van der Waals surface area contributed by atoms with Crippen LogP contribution in [-0.4, -0.2) is 61.2 Å². The monoisotopic (exact) mass is 407 g/mol. The highest BCUT2D eigenvalue weighted by Gasteiger charge is 2.12. The van der Waals surface area contributed by atoms with Crippen molar-refractivity contribution in [3.05, 3.63) is 41.2 Å². The molecule has 28 heavy (non-hydrogen) atoms. The van der Waals surface area contributed by atoms with Crippen molar-refractivity contribution in [3.63, 3.8) is 0 Å². The first-order chi connectivity index (χ1) is 13.6. The Bertz CT molecular complexity index is 793. The fraction of sp³-hybridized carbons (Fsp3) is 0.389. The summed E-state index contributed by atoms with van der Waals surface area (Å²) >= 11 is 1.23. The maximum atomic E-state index is 12.9. The molecule has 1 aliphatic heterocycles. The minimum atomic E-state index is -0.484. The van der Waals surface area contributed by atoms with Crippen molar-refractivity contribution >= 4 is 34.1 Å². The van der Waals surface area contributed by atoms with Crippen molar-refractivity contribution in [1.82, 2.24) is 15.2 Å². The quantitative estimate of drug-likeness (QED) is 0.652. The van der Waals surface area contributed by atoms with Crippen molar-refractivity contribution in [3.8, 4) is 0 Å². The number of ether oxygens (including phenoxy) is 1. The van der Waals surface area contributed by atoms with E-state index in [0.29, 0.717) is 23.1 Å². The average Bonchev–Trinajstić information content (AvgIpc) is 3.11. The van der Waals surface area contributed by atoms with Gasteiger partial charge >= 0.3 is 6.03 Å². The van der Waals surface area contributed by atoms with Gasteiger partial charge in [-0.25, -0.2) is 14.2 Å². The molecule has 0 radical (unpaired) electrons. The summed E-state index contributed by atoms with van der Waals surface area (Å²) in [6.45, 7) is 4.61. The van der Waals surface area contributed by atoms with Gasteiger partial charge in [-0.1, -0.05) is 0 Å². The minimum Gasteiger partial charge on any atom is -0.379 e. The molecule has 2 aromatic rings. The van der Waals surface area contributed by atoms with Gasteiger partial charge in [0.2, 0.25) is 5.91 Å². The molecule has 150 valence electrons. The number of morpholine rings is 1. The van der Waals surface area contributed by atoms with Gasteiger partial charge in [-0.2, -0.15) is 0 Å². The fourth-order valence-electron chi connectivity index (χ4n) is 2.64. The number of nitrogens with zero attached hydrogens (tertiary/aromatic N) is 2. The zero-order chi connectivity index (χ0) is 19.8. The maximum absolute atomic E-state index is 12.9. The van der Waals surface area contributed by atoms with Crippen LogP contribution in [0, 0.1) is 5.82 Å². The molecule has 3 amide bonds. The van der Waals surface area contributed by atoms with E-state index in [2.05, 4.69) is 25.8 Å². The van der Waals surface area contributed by atoms with Crippen molar-refractivity contribution in [1.29, 1.82) is 0 Å². The number of carbonyl (C=O) groups excluding carboxylic acids is 2. The number of hydrogen-bond acceptors (Lipinski definition) is 6. The van der Waals surface area contributed by atoms with Crippen LogP contribution in [0.2, 0.25) is 0 Å². The van der Waals surface area contributed by atoms with E-state index in [-0.39, 0.29) is 18.1 Å². The Balaban J connectivity index is 1.38. The van der Waals surface area contributed by atoms with E-state index in [4.69, 9.17) is 4.74 Å². The van der Waals surface area contributed by atoms with Gasteiger partial charge < -0.3 is 15.4 Å². The van der Waals surface area contributed by atoms with Gasteiger partial charge in [0.05, 0.1) is 25.3 Å². The number of thiazole rings is 1. The summed E-state index contributed by atoms with van der Waals surface area (Å²) in [5.74, 6) is -0.486. The largest absolute Gasteiger partial charge is 0.379 e. The summed E-state index contributed by atoms with van der Waals surface area (Å²) in [4.78, 5) is 30.5. The van der Waals surface area contributed by atoms with Gasteiger partial charge in [0.25, 0.3) is 0 Å². The number of hydrogen-bond donors (Lipinski definition) is 3. The van der Waals surface area contributed by atoms with Crippen molar-refractivity contribution in [2.75, 3.05) is 50.0 Å². The van der Waals surface area contributed by atoms with Gasteiger partial charge in [0.1, 0.15) is 5.82 Å². The summed E-state index contributed by atoms with van der Waals surface area (Å²) < 4.78 is 18.2. The SMILES string of the molecule is O=C(Cc1csc(NC(=O)Nc2ccc(F)cc2)n1)NCCN1CCOCC1. The lowest BCUT2D eigenvalue weighted by atomic mass is 10.3. The smallest absolute Gasteiger partial charge is 0.325 e. The number of aromatic nitrogens is 1.